The molecule has 1 amide bonds. The van der Waals surface area contributed by atoms with E-state index in [4.69, 9.17) is 4.74 Å². The summed E-state index contributed by atoms with van der Waals surface area (Å²) in [4.78, 5) is 13.1. The van der Waals surface area contributed by atoms with Gasteiger partial charge in [-0.25, -0.2) is 8.42 Å². The third-order valence-corrected chi connectivity index (χ3v) is 5.84. The normalized spacial score (nSPS) is 12.3. The first-order valence-electron chi connectivity index (χ1n) is 9.69. The van der Waals surface area contributed by atoms with Gasteiger partial charge in [0.05, 0.1) is 18.6 Å². The van der Waals surface area contributed by atoms with E-state index in [-0.39, 0.29) is 5.91 Å². The molecule has 0 radical (unpaired) electrons. The van der Waals surface area contributed by atoms with Crippen molar-refractivity contribution in [1.82, 2.24) is 0 Å². The lowest BCUT2D eigenvalue weighted by molar-refractivity contribution is -0.117. The molecule has 0 saturated carbocycles. The maximum Gasteiger partial charge on any atom is 0.248 e. The summed E-state index contributed by atoms with van der Waals surface area (Å²) < 4.78 is 31.8. The lowest BCUT2D eigenvalue weighted by atomic mass is 10.0. The average molecular weight is 419 g/mol. The highest BCUT2D eigenvalue weighted by Crippen LogP contribution is 2.27. The first-order valence-corrected chi connectivity index (χ1v) is 11.5. The molecule has 0 aliphatic rings. The van der Waals surface area contributed by atoms with E-state index in [0.717, 1.165) is 28.6 Å². The summed E-state index contributed by atoms with van der Waals surface area (Å²) in [6.07, 6.45) is 1.44. The zero-order valence-electron chi connectivity index (χ0n) is 17.9. The molecule has 0 unspecified atom stereocenters. The van der Waals surface area contributed by atoms with Crippen molar-refractivity contribution in [3.05, 3.63) is 53.1 Å². The number of carbonyl (C=O) groups excluding carboxylic acids is 1. The maximum atomic E-state index is 13.1. The molecule has 0 spiro atoms. The molecule has 0 aliphatic heterocycles. The number of sulfonamides is 1. The number of carbonyl (C=O) groups is 1. The molecule has 1 N–H and O–H groups in total. The molecule has 0 fully saturated rings. The second kappa shape index (κ2) is 9.31. The van der Waals surface area contributed by atoms with Gasteiger partial charge < -0.3 is 10.1 Å². The van der Waals surface area contributed by atoms with Crippen molar-refractivity contribution in [2.45, 2.75) is 47.1 Å². The topological polar surface area (TPSA) is 75.7 Å². The number of hydrogen-bond acceptors (Lipinski definition) is 4. The molecule has 0 aliphatic carbocycles. The third kappa shape index (κ3) is 5.50. The Morgan fingerprint density at radius 2 is 1.62 bits per heavy atom. The maximum absolute atomic E-state index is 13.1. The highest BCUT2D eigenvalue weighted by Gasteiger charge is 2.32. The summed E-state index contributed by atoms with van der Waals surface area (Å²) in [6.45, 7) is 10.0. The molecule has 1 atom stereocenters. The molecule has 29 heavy (non-hydrogen) atoms. The van der Waals surface area contributed by atoms with Gasteiger partial charge in [0, 0.05) is 5.69 Å². The standard InChI is InChI=1S/C22H30N2O4S/c1-7-20(22(25)23-21-16(4)13-15(3)14-17(21)5)24(29(6,26)27)18-9-11-19(12-10-18)28-8-2/h9-14,20H,7-8H2,1-6H3,(H,23,25)/t20-/m0/s1. The van der Waals surface area contributed by atoms with Gasteiger partial charge in [-0.15, -0.1) is 0 Å². The van der Waals surface area contributed by atoms with Crippen LogP contribution in [0.4, 0.5) is 11.4 Å². The summed E-state index contributed by atoms with van der Waals surface area (Å²) in [5, 5.41) is 2.94. The molecule has 2 rings (SSSR count). The molecule has 7 heteroatoms. The molecule has 6 nitrogen and oxygen atoms in total. The Morgan fingerprint density at radius 3 is 2.07 bits per heavy atom. The molecule has 0 saturated heterocycles. The van der Waals surface area contributed by atoms with Gasteiger partial charge in [0.1, 0.15) is 11.8 Å². The quantitative estimate of drug-likeness (QED) is 0.697. The lowest BCUT2D eigenvalue weighted by Crippen LogP contribution is -2.47. The molecule has 0 bridgehead atoms. The Balaban J connectivity index is 2.40. The van der Waals surface area contributed by atoms with Crippen LogP contribution in [0.1, 0.15) is 37.0 Å². The Bertz CT molecular complexity index is 946. The van der Waals surface area contributed by atoms with Crippen LogP contribution in [0.2, 0.25) is 0 Å². The van der Waals surface area contributed by atoms with Crippen LogP contribution >= 0.6 is 0 Å². The van der Waals surface area contributed by atoms with Crippen LogP contribution in [0.25, 0.3) is 0 Å². The van der Waals surface area contributed by atoms with E-state index in [1.807, 2.05) is 39.8 Å². The zero-order chi connectivity index (χ0) is 21.8. The van der Waals surface area contributed by atoms with Gasteiger partial charge in [0.2, 0.25) is 15.9 Å². The van der Waals surface area contributed by atoms with E-state index >= 15 is 0 Å². The van der Waals surface area contributed by atoms with Gasteiger partial charge in [0.15, 0.2) is 0 Å². The fraction of sp³-hybridized carbons (Fsp3) is 0.409. The number of ether oxygens (including phenoxy) is 1. The van der Waals surface area contributed by atoms with Crippen LogP contribution in [0.3, 0.4) is 0 Å². The van der Waals surface area contributed by atoms with E-state index in [1.165, 1.54) is 4.31 Å². The van der Waals surface area contributed by atoms with Crippen molar-refractivity contribution in [2.75, 3.05) is 22.5 Å². The monoisotopic (exact) mass is 418 g/mol. The molecule has 0 heterocycles. The molecular formula is C22H30N2O4S. The number of anilines is 2. The number of rotatable bonds is 8. The zero-order valence-corrected chi connectivity index (χ0v) is 18.8. The summed E-state index contributed by atoms with van der Waals surface area (Å²) in [5.74, 6) is 0.287. The van der Waals surface area contributed by atoms with Crippen molar-refractivity contribution < 1.29 is 17.9 Å². The highest BCUT2D eigenvalue weighted by molar-refractivity contribution is 7.92. The Morgan fingerprint density at radius 1 is 1.07 bits per heavy atom. The van der Waals surface area contributed by atoms with Crippen LogP contribution in [-0.2, 0) is 14.8 Å². The largest absolute Gasteiger partial charge is 0.494 e. The summed E-state index contributed by atoms with van der Waals surface area (Å²) in [6, 6.07) is 9.83. The first-order chi connectivity index (χ1) is 13.6. The van der Waals surface area contributed by atoms with Gasteiger partial charge in [-0.3, -0.25) is 9.10 Å². The van der Waals surface area contributed by atoms with Crippen LogP contribution in [0, 0.1) is 20.8 Å². The van der Waals surface area contributed by atoms with Gasteiger partial charge >= 0.3 is 0 Å². The summed E-state index contributed by atoms with van der Waals surface area (Å²) in [7, 11) is -3.69. The number of aryl methyl sites for hydroxylation is 3. The van der Waals surface area contributed by atoms with E-state index < -0.39 is 16.1 Å². The van der Waals surface area contributed by atoms with Gasteiger partial charge in [-0.1, -0.05) is 24.6 Å². The number of amides is 1. The van der Waals surface area contributed by atoms with Crippen molar-refractivity contribution in [3.8, 4) is 5.75 Å². The SMILES string of the molecule is CCOc1ccc(N([C@@H](CC)C(=O)Nc2c(C)cc(C)cc2C)S(C)(=O)=O)cc1. The molecule has 2 aromatic carbocycles. The third-order valence-electron chi connectivity index (χ3n) is 4.66. The van der Waals surface area contributed by atoms with Crippen LogP contribution in [0.15, 0.2) is 36.4 Å². The van der Waals surface area contributed by atoms with Crippen molar-refractivity contribution in [3.63, 3.8) is 0 Å². The molecule has 0 aromatic heterocycles. The minimum absolute atomic E-state index is 0.329. The van der Waals surface area contributed by atoms with Gasteiger partial charge in [-0.2, -0.15) is 0 Å². The van der Waals surface area contributed by atoms with E-state index in [9.17, 15) is 13.2 Å². The van der Waals surface area contributed by atoms with Crippen molar-refractivity contribution in [1.29, 1.82) is 0 Å². The second-order valence-corrected chi connectivity index (χ2v) is 9.03. The van der Waals surface area contributed by atoms with E-state index in [0.29, 0.717) is 24.5 Å². The summed E-state index contributed by atoms with van der Waals surface area (Å²) in [5.41, 5.74) is 4.14. The molecule has 158 valence electrons. The number of benzene rings is 2. The Hall–Kier alpha value is -2.54. The average Bonchev–Trinajstić information content (AvgIpc) is 2.62. The number of hydrogen-bond donors (Lipinski definition) is 1. The predicted molar refractivity (Wildman–Crippen MR) is 118 cm³/mol. The number of nitrogens with one attached hydrogen (secondary N) is 1. The minimum Gasteiger partial charge on any atom is -0.494 e. The molecule has 2 aromatic rings. The van der Waals surface area contributed by atoms with E-state index in [2.05, 4.69) is 5.32 Å². The van der Waals surface area contributed by atoms with Gasteiger partial charge in [0.25, 0.3) is 0 Å². The first kappa shape index (κ1) is 22.7. The van der Waals surface area contributed by atoms with Gasteiger partial charge in [-0.05, 0) is 69.5 Å². The fourth-order valence-electron chi connectivity index (χ4n) is 3.50. The highest BCUT2D eigenvalue weighted by atomic mass is 32.2. The van der Waals surface area contributed by atoms with Crippen molar-refractivity contribution in [2.24, 2.45) is 0 Å². The number of nitrogens with zero attached hydrogens (tertiary/aromatic N) is 1. The van der Waals surface area contributed by atoms with Crippen LogP contribution in [-0.4, -0.2) is 33.2 Å². The smallest absolute Gasteiger partial charge is 0.248 e. The van der Waals surface area contributed by atoms with Crippen molar-refractivity contribution >= 4 is 27.3 Å². The molecular weight excluding hydrogens is 388 g/mol. The predicted octanol–water partition coefficient (Wildman–Crippen LogP) is 4.19. The Kier molecular flexibility index (Phi) is 7.30. The van der Waals surface area contributed by atoms with E-state index in [1.54, 1.807) is 31.2 Å². The van der Waals surface area contributed by atoms with Crippen LogP contribution < -0.4 is 14.4 Å². The summed E-state index contributed by atoms with van der Waals surface area (Å²) >= 11 is 0. The lowest BCUT2D eigenvalue weighted by Gasteiger charge is -2.30. The minimum atomic E-state index is -3.69. The second-order valence-electron chi connectivity index (χ2n) is 7.17. The fourth-order valence-corrected chi connectivity index (χ4v) is 4.71. The van der Waals surface area contributed by atoms with Crippen LogP contribution in [0.5, 0.6) is 5.75 Å². The Labute approximate surface area is 173 Å².